The molecular formula is C14H17N3O4. The van der Waals surface area contributed by atoms with E-state index in [1.165, 1.54) is 0 Å². The number of hydrogen-bond donors (Lipinski definition) is 1. The predicted molar refractivity (Wildman–Crippen MR) is 74.8 cm³/mol. The van der Waals surface area contributed by atoms with E-state index in [1.54, 1.807) is 11.8 Å². The maximum atomic E-state index is 11.0. The number of nitrogens with zero attached hydrogens (tertiary/aromatic N) is 3. The second-order valence-corrected chi connectivity index (χ2v) is 4.29. The van der Waals surface area contributed by atoms with Crippen molar-refractivity contribution in [2.75, 3.05) is 13.7 Å². The molecular weight excluding hydrogens is 274 g/mol. The lowest BCUT2D eigenvalue weighted by Crippen LogP contribution is -2.13. The molecule has 7 nitrogen and oxygen atoms in total. The van der Waals surface area contributed by atoms with Crippen molar-refractivity contribution in [1.82, 2.24) is 15.0 Å². The number of rotatable bonds is 7. The maximum Gasteiger partial charge on any atom is 0.358 e. The first-order chi connectivity index (χ1) is 10.2. The van der Waals surface area contributed by atoms with E-state index >= 15 is 0 Å². The van der Waals surface area contributed by atoms with Gasteiger partial charge in [0.2, 0.25) is 0 Å². The van der Waals surface area contributed by atoms with Crippen LogP contribution in [-0.2, 0) is 13.0 Å². The second kappa shape index (κ2) is 6.74. The lowest BCUT2D eigenvalue weighted by molar-refractivity contribution is 0.0689. The van der Waals surface area contributed by atoms with Crippen molar-refractivity contribution in [2.24, 2.45) is 0 Å². The van der Waals surface area contributed by atoms with Crippen LogP contribution in [0.25, 0.3) is 0 Å². The van der Waals surface area contributed by atoms with Gasteiger partial charge in [0.15, 0.2) is 5.69 Å². The number of aromatic carboxylic acids is 1. The van der Waals surface area contributed by atoms with Gasteiger partial charge in [-0.15, -0.1) is 5.10 Å². The Morgan fingerprint density at radius 3 is 2.52 bits per heavy atom. The van der Waals surface area contributed by atoms with Crippen molar-refractivity contribution >= 4 is 5.97 Å². The summed E-state index contributed by atoms with van der Waals surface area (Å²) in [5.41, 5.74) is 0.600. The molecule has 2 aromatic rings. The highest BCUT2D eigenvalue weighted by atomic mass is 16.5. The summed E-state index contributed by atoms with van der Waals surface area (Å²) < 4.78 is 12.2. The van der Waals surface area contributed by atoms with Crippen LogP contribution in [0.15, 0.2) is 24.3 Å². The Bertz CT molecular complexity index is 607. The molecule has 0 bridgehead atoms. The van der Waals surface area contributed by atoms with E-state index < -0.39 is 5.97 Å². The van der Waals surface area contributed by atoms with Crippen LogP contribution in [0.4, 0.5) is 0 Å². The van der Waals surface area contributed by atoms with Crippen molar-refractivity contribution in [3.63, 3.8) is 0 Å². The molecule has 0 atom stereocenters. The van der Waals surface area contributed by atoms with Crippen LogP contribution in [0.5, 0.6) is 11.5 Å². The van der Waals surface area contributed by atoms with Crippen molar-refractivity contribution in [3.8, 4) is 11.5 Å². The molecule has 7 heteroatoms. The summed E-state index contributed by atoms with van der Waals surface area (Å²) in [4.78, 5) is 11.0. The molecule has 0 amide bonds. The van der Waals surface area contributed by atoms with Gasteiger partial charge in [-0.1, -0.05) is 12.1 Å². The van der Waals surface area contributed by atoms with Crippen LogP contribution in [0.1, 0.15) is 23.1 Å². The van der Waals surface area contributed by atoms with Gasteiger partial charge < -0.3 is 14.6 Å². The predicted octanol–water partition coefficient (Wildman–Crippen LogP) is 1.63. The lowest BCUT2D eigenvalue weighted by Gasteiger charge is -2.08. The van der Waals surface area contributed by atoms with Gasteiger partial charge in [-0.3, -0.25) is 0 Å². The number of benzene rings is 1. The monoisotopic (exact) mass is 291 g/mol. The topological polar surface area (TPSA) is 86.5 Å². The fourth-order valence-electron chi connectivity index (χ4n) is 1.95. The molecule has 1 aromatic carbocycles. The highest BCUT2D eigenvalue weighted by Crippen LogP contribution is 2.17. The van der Waals surface area contributed by atoms with Gasteiger partial charge in [0.1, 0.15) is 18.1 Å². The number of hydrogen-bond acceptors (Lipinski definition) is 5. The Balaban J connectivity index is 1.95. The third kappa shape index (κ3) is 3.50. The molecule has 0 aliphatic carbocycles. The zero-order chi connectivity index (χ0) is 15.2. The third-order valence-electron chi connectivity index (χ3n) is 3.01. The molecule has 2 rings (SSSR count). The lowest BCUT2D eigenvalue weighted by atomic mass is 10.2. The minimum atomic E-state index is -1.06. The molecule has 0 unspecified atom stereocenters. The summed E-state index contributed by atoms with van der Waals surface area (Å²) in [7, 11) is 1.60. The van der Waals surface area contributed by atoms with Crippen LogP contribution in [0, 0.1) is 0 Å². The van der Waals surface area contributed by atoms with Crippen molar-refractivity contribution < 1.29 is 19.4 Å². The molecule has 0 aliphatic rings. The van der Waals surface area contributed by atoms with Crippen molar-refractivity contribution in [1.29, 1.82) is 0 Å². The summed E-state index contributed by atoms with van der Waals surface area (Å²) in [5.74, 6) is 0.416. The van der Waals surface area contributed by atoms with Gasteiger partial charge in [0.25, 0.3) is 0 Å². The number of ether oxygens (including phenoxy) is 2. The fraction of sp³-hybridized carbons (Fsp3) is 0.357. The molecule has 1 N–H and O–H groups in total. The van der Waals surface area contributed by atoms with Gasteiger partial charge in [0, 0.05) is 0 Å². The molecule has 0 spiro atoms. The zero-order valence-corrected chi connectivity index (χ0v) is 11.9. The fourth-order valence-corrected chi connectivity index (χ4v) is 1.95. The summed E-state index contributed by atoms with van der Waals surface area (Å²) in [6, 6.07) is 7.24. The minimum absolute atomic E-state index is 0.00180. The van der Waals surface area contributed by atoms with Crippen LogP contribution in [-0.4, -0.2) is 39.8 Å². The minimum Gasteiger partial charge on any atom is -0.497 e. The Hall–Kier alpha value is -2.57. The van der Waals surface area contributed by atoms with Gasteiger partial charge in [0.05, 0.1) is 19.3 Å². The standard InChI is InChI=1S/C14H17N3O4/c1-3-12-13(14(18)19)15-16-17(12)8-9-21-11-6-4-10(20-2)5-7-11/h4-7H,3,8-9H2,1-2H3,(H,18,19). The smallest absolute Gasteiger partial charge is 0.358 e. The molecule has 0 saturated heterocycles. The molecule has 21 heavy (non-hydrogen) atoms. The maximum absolute atomic E-state index is 11.0. The van der Waals surface area contributed by atoms with Gasteiger partial charge in [-0.05, 0) is 30.7 Å². The van der Waals surface area contributed by atoms with E-state index in [9.17, 15) is 4.79 Å². The number of carboxylic acids is 1. The van der Waals surface area contributed by atoms with Gasteiger partial charge in [-0.2, -0.15) is 0 Å². The Labute approximate surface area is 122 Å². The van der Waals surface area contributed by atoms with Crippen LogP contribution >= 0.6 is 0 Å². The molecule has 112 valence electrons. The van der Waals surface area contributed by atoms with E-state index in [1.807, 2.05) is 31.2 Å². The van der Waals surface area contributed by atoms with Gasteiger partial charge in [-0.25, -0.2) is 9.48 Å². The van der Waals surface area contributed by atoms with E-state index in [0.717, 1.165) is 5.75 Å². The summed E-state index contributed by atoms with van der Waals surface area (Å²) in [6.45, 7) is 2.68. The second-order valence-electron chi connectivity index (χ2n) is 4.29. The first-order valence-electron chi connectivity index (χ1n) is 6.58. The van der Waals surface area contributed by atoms with E-state index in [0.29, 0.717) is 31.0 Å². The molecule has 0 fully saturated rings. The number of methoxy groups -OCH3 is 1. The highest BCUT2D eigenvalue weighted by Gasteiger charge is 2.17. The molecule has 1 heterocycles. The molecule has 1 aromatic heterocycles. The van der Waals surface area contributed by atoms with Crippen LogP contribution in [0.3, 0.4) is 0 Å². The summed E-state index contributed by atoms with van der Waals surface area (Å²) in [6.07, 6.45) is 0.553. The first-order valence-corrected chi connectivity index (χ1v) is 6.58. The summed E-state index contributed by atoms with van der Waals surface area (Å²) >= 11 is 0. The van der Waals surface area contributed by atoms with Gasteiger partial charge >= 0.3 is 5.97 Å². The normalized spacial score (nSPS) is 10.4. The van der Waals surface area contributed by atoms with E-state index in [-0.39, 0.29) is 5.69 Å². The highest BCUT2D eigenvalue weighted by molar-refractivity contribution is 5.86. The van der Waals surface area contributed by atoms with E-state index in [4.69, 9.17) is 14.6 Å². The SMILES string of the molecule is CCc1c(C(=O)O)nnn1CCOc1ccc(OC)cc1. The third-order valence-corrected chi connectivity index (χ3v) is 3.01. The zero-order valence-electron chi connectivity index (χ0n) is 11.9. The average molecular weight is 291 g/mol. The quantitative estimate of drug-likeness (QED) is 0.834. The van der Waals surface area contributed by atoms with Crippen LogP contribution < -0.4 is 9.47 Å². The molecule has 0 radical (unpaired) electrons. The average Bonchev–Trinajstić information content (AvgIpc) is 2.91. The number of carbonyl (C=O) groups is 1. The first kappa shape index (κ1) is 14.8. The largest absolute Gasteiger partial charge is 0.497 e. The molecule has 0 saturated carbocycles. The van der Waals surface area contributed by atoms with Crippen LogP contribution in [0.2, 0.25) is 0 Å². The number of aromatic nitrogens is 3. The number of carboxylic acid groups (broad SMARTS) is 1. The Morgan fingerprint density at radius 2 is 1.95 bits per heavy atom. The Morgan fingerprint density at radius 1 is 1.29 bits per heavy atom. The Kier molecular flexibility index (Phi) is 4.76. The van der Waals surface area contributed by atoms with E-state index in [2.05, 4.69) is 10.3 Å². The summed E-state index contributed by atoms with van der Waals surface area (Å²) in [5, 5.41) is 16.5. The molecule has 0 aliphatic heterocycles. The van der Waals surface area contributed by atoms with Crippen molar-refractivity contribution in [2.45, 2.75) is 19.9 Å². The van der Waals surface area contributed by atoms with Crippen molar-refractivity contribution in [3.05, 3.63) is 35.7 Å².